The summed E-state index contributed by atoms with van der Waals surface area (Å²) in [7, 11) is 1.42. The lowest BCUT2D eigenvalue weighted by atomic mass is 10.0. The van der Waals surface area contributed by atoms with Crippen molar-refractivity contribution < 1.29 is 19.0 Å². The number of methoxy groups -OCH3 is 1. The van der Waals surface area contributed by atoms with Crippen molar-refractivity contribution >= 4 is 16.7 Å². The van der Waals surface area contributed by atoms with Crippen molar-refractivity contribution in [2.45, 2.75) is 0 Å². The van der Waals surface area contributed by atoms with Crippen molar-refractivity contribution in [2.75, 3.05) is 7.11 Å². The van der Waals surface area contributed by atoms with E-state index in [0.29, 0.717) is 11.1 Å². The number of fused-ring (bicyclic) bond motifs is 1. The van der Waals surface area contributed by atoms with Crippen LogP contribution in [0.5, 0.6) is 5.75 Å². The Morgan fingerprint density at radius 1 is 1.31 bits per heavy atom. The number of ether oxygens (including phenoxy) is 1. The van der Waals surface area contributed by atoms with Crippen molar-refractivity contribution in [3.05, 3.63) is 41.7 Å². The molecule has 2 aromatic carbocycles. The zero-order chi connectivity index (χ0) is 11.7. The normalized spacial score (nSPS) is 10.4. The highest BCUT2D eigenvalue weighted by Crippen LogP contribution is 2.30. The van der Waals surface area contributed by atoms with E-state index in [1.165, 1.54) is 31.4 Å². The molecule has 2 aromatic rings. The maximum absolute atomic E-state index is 13.6. The number of benzene rings is 2. The molecule has 4 heteroatoms. The van der Waals surface area contributed by atoms with Crippen molar-refractivity contribution in [3.8, 4) is 5.75 Å². The number of halogens is 1. The van der Waals surface area contributed by atoms with E-state index in [1.807, 2.05) is 0 Å². The first kappa shape index (κ1) is 10.4. The molecule has 16 heavy (non-hydrogen) atoms. The molecule has 0 heterocycles. The van der Waals surface area contributed by atoms with Crippen LogP contribution in [0.4, 0.5) is 4.39 Å². The predicted molar refractivity (Wildman–Crippen MR) is 57.4 cm³/mol. The molecule has 0 radical (unpaired) electrons. The predicted octanol–water partition coefficient (Wildman–Crippen LogP) is 2.69. The molecule has 1 N–H and O–H groups in total. The molecule has 0 saturated heterocycles. The lowest BCUT2D eigenvalue weighted by Gasteiger charge is -2.08. The van der Waals surface area contributed by atoms with Crippen LogP contribution in [0.1, 0.15) is 10.4 Å². The van der Waals surface area contributed by atoms with Gasteiger partial charge in [-0.15, -0.1) is 0 Å². The summed E-state index contributed by atoms with van der Waals surface area (Å²) >= 11 is 0. The topological polar surface area (TPSA) is 46.5 Å². The van der Waals surface area contributed by atoms with E-state index in [9.17, 15) is 9.18 Å². The minimum Gasteiger partial charge on any atom is -0.496 e. The minimum absolute atomic E-state index is 0.0651. The standard InChI is InChI=1S/C12H9FO3/c1-16-10-6-5-8(12(14)15)7-3-2-4-9(13)11(7)10/h2-6H,1H3,(H,14,15). The van der Waals surface area contributed by atoms with Gasteiger partial charge in [0.05, 0.1) is 18.1 Å². The number of carboxylic acid groups (broad SMARTS) is 1. The van der Waals surface area contributed by atoms with Crippen LogP contribution in [-0.4, -0.2) is 18.2 Å². The number of rotatable bonds is 2. The van der Waals surface area contributed by atoms with E-state index in [-0.39, 0.29) is 10.9 Å². The Kier molecular flexibility index (Phi) is 2.48. The largest absolute Gasteiger partial charge is 0.496 e. The van der Waals surface area contributed by atoms with Crippen molar-refractivity contribution in [1.29, 1.82) is 0 Å². The van der Waals surface area contributed by atoms with Crippen LogP contribution in [-0.2, 0) is 0 Å². The fourth-order valence-corrected chi connectivity index (χ4v) is 1.69. The Bertz CT molecular complexity index is 563. The number of carboxylic acids is 1. The Hall–Kier alpha value is -2.10. The van der Waals surface area contributed by atoms with Crippen LogP contribution >= 0.6 is 0 Å². The molecule has 0 spiro atoms. The van der Waals surface area contributed by atoms with E-state index in [2.05, 4.69) is 0 Å². The van der Waals surface area contributed by atoms with E-state index in [0.717, 1.165) is 0 Å². The number of hydrogen-bond donors (Lipinski definition) is 1. The Morgan fingerprint density at radius 3 is 2.69 bits per heavy atom. The molecule has 0 aliphatic carbocycles. The van der Waals surface area contributed by atoms with Gasteiger partial charge in [-0.1, -0.05) is 12.1 Å². The third-order valence-corrected chi connectivity index (χ3v) is 2.40. The highest BCUT2D eigenvalue weighted by Gasteiger charge is 2.14. The van der Waals surface area contributed by atoms with Gasteiger partial charge < -0.3 is 9.84 Å². The highest BCUT2D eigenvalue weighted by atomic mass is 19.1. The maximum atomic E-state index is 13.6. The second-order valence-corrected chi connectivity index (χ2v) is 3.28. The summed E-state index contributed by atoms with van der Waals surface area (Å²) in [6.07, 6.45) is 0. The van der Waals surface area contributed by atoms with Crippen LogP contribution in [0.25, 0.3) is 10.8 Å². The third kappa shape index (κ3) is 1.48. The first-order valence-corrected chi connectivity index (χ1v) is 4.63. The minimum atomic E-state index is -1.08. The molecule has 2 rings (SSSR count). The van der Waals surface area contributed by atoms with Gasteiger partial charge in [-0.2, -0.15) is 0 Å². The van der Waals surface area contributed by atoms with Gasteiger partial charge in [-0.05, 0) is 18.2 Å². The molecule has 0 fully saturated rings. The molecule has 0 atom stereocenters. The van der Waals surface area contributed by atoms with E-state index in [4.69, 9.17) is 9.84 Å². The summed E-state index contributed by atoms with van der Waals surface area (Å²) in [5.74, 6) is -1.24. The van der Waals surface area contributed by atoms with Gasteiger partial charge in [0.2, 0.25) is 0 Å². The summed E-state index contributed by atoms with van der Waals surface area (Å²) in [6, 6.07) is 7.17. The fourth-order valence-electron chi connectivity index (χ4n) is 1.69. The van der Waals surface area contributed by atoms with Crippen molar-refractivity contribution in [2.24, 2.45) is 0 Å². The zero-order valence-electron chi connectivity index (χ0n) is 8.53. The zero-order valence-corrected chi connectivity index (χ0v) is 8.53. The second-order valence-electron chi connectivity index (χ2n) is 3.28. The second kappa shape index (κ2) is 3.81. The van der Waals surface area contributed by atoms with Gasteiger partial charge in [0.25, 0.3) is 0 Å². The van der Waals surface area contributed by atoms with Gasteiger partial charge >= 0.3 is 5.97 Å². The van der Waals surface area contributed by atoms with Gasteiger partial charge in [0.15, 0.2) is 0 Å². The molecular weight excluding hydrogens is 211 g/mol. The van der Waals surface area contributed by atoms with Crippen LogP contribution < -0.4 is 4.74 Å². The average Bonchev–Trinajstić information content (AvgIpc) is 2.27. The molecule has 0 aliphatic heterocycles. The molecule has 82 valence electrons. The highest BCUT2D eigenvalue weighted by molar-refractivity contribution is 6.05. The van der Waals surface area contributed by atoms with Gasteiger partial charge in [-0.3, -0.25) is 0 Å². The smallest absolute Gasteiger partial charge is 0.336 e. The van der Waals surface area contributed by atoms with Gasteiger partial charge in [0.1, 0.15) is 11.6 Å². The van der Waals surface area contributed by atoms with E-state index < -0.39 is 11.8 Å². The van der Waals surface area contributed by atoms with E-state index >= 15 is 0 Å². The SMILES string of the molecule is COc1ccc(C(=O)O)c2cccc(F)c12. The molecule has 0 unspecified atom stereocenters. The first-order chi connectivity index (χ1) is 7.65. The van der Waals surface area contributed by atoms with Crippen molar-refractivity contribution in [1.82, 2.24) is 0 Å². The van der Waals surface area contributed by atoms with Gasteiger partial charge in [-0.25, -0.2) is 9.18 Å². The van der Waals surface area contributed by atoms with Crippen LogP contribution in [0, 0.1) is 5.82 Å². The van der Waals surface area contributed by atoms with E-state index in [1.54, 1.807) is 6.07 Å². The molecular formula is C12H9FO3. The number of hydrogen-bond acceptors (Lipinski definition) is 2. The van der Waals surface area contributed by atoms with Gasteiger partial charge in [0, 0.05) is 5.39 Å². The third-order valence-electron chi connectivity index (χ3n) is 2.40. The number of aromatic carboxylic acids is 1. The Morgan fingerprint density at radius 2 is 2.06 bits per heavy atom. The molecule has 0 aromatic heterocycles. The quantitative estimate of drug-likeness (QED) is 0.846. The molecule has 0 saturated carbocycles. The van der Waals surface area contributed by atoms with Crippen LogP contribution in [0.3, 0.4) is 0 Å². The molecule has 0 aliphatic rings. The molecule has 3 nitrogen and oxygen atoms in total. The maximum Gasteiger partial charge on any atom is 0.336 e. The van der Waals surface area contributed by atoms with Crippen molar-refractivity contribution in [3.63, 3.8) is 0 Å². The molecule has 0 amide bonds. The van der Waals surface area contributed by atoms with Crippen LogP contribution in [0.2, 0.25) is 0 Å². The summed E-state index contributed by atoms with van der Waals surface area (Å²) in [5.41, 5.74) is 0.0651. The number of carbonyl (C=O) groups is 1. The first-order valence-electron chi connectivity index (χ1n) is 4.63. The lowest BCUT2D eigenvalue weighted by molar-refractivity contribution is 0.0699. The fraction of sp³-hybridized carbons (Fsp3) is 0.0833. The monoisotopic (exact) mass is 220 g/mol. The molecule has 0 bridgehead atoms. The summed E-state index contributed by atoms with van der Waals surface area (Å²) in [6.45, 7) is 0. The van der Waals surface area contributed by atoms with Crippen LogP contribution in [0.15, 0.2) is 30.3 Å². The average molecular weight is 220 g/mol. The Balaban J connectivity index is 2.91. The summed E-state index contributed by atoms with van der Waals surface area (Å²) in [5, 5.41) is 9.51. The lowest BCUT2D eigenvalue weighted by Crippen LogP contribution is -1.99. The summed E-state index contributed by atoms with van der Waals surface area (Å²) < 4.78 is 18.6. The summed E-state index contributed by atoms with van der Waals surface area (Å²) in [4.78, 5) is 11.0. The Labute approximate surface area is 91.1 Å².